The van der Waals surface area contributed by atoms with E-state index in [0.29, 0.717) is 0 Å². The fourth-order valence-electron chi connectivity index (χ4n) is 2.55. The molecule has 150 valence electrons. The van der Waals surface area contributed by atoms with Gasteiger partial charge in [0.1, 0.15) is 11.6 Å². The van der Waals surface area contributed by atoms with Crippen LogP contribution in [0.5, 0.6) is 0 Å². The minimum Gasteiger partial charge on any atom is -0.444 e. The molecule has 0 spiro atoms. The number of ether oxygens (including phenoxy) is 3. The summed E-state index contributed by atoms with van der Waals surface area (Å²) in [6.07, 6.45) is -1.76. The van der Waals surface area contributed by atoms with Crippen LogP contribution in [0.4, 0.5) is 9.59 Å². The van der Waals surface area contributed by atoms with E-state index in [1.165, 1.54) is 0 Å². The first-order valence-electron chi connectivity index (χ1n) is 9.03. The molecule has 1 N–H and O–H groups in total. The fraction of sp³-hybridized carbons (Fsp3) is 0.381. The van der Waals surface area contributed by atoms with Crippen molar-refractivity contribution in [3.8, 4) is 0 Å². The van der Waals surface area contributed by atoms with Crippen molar-refractivity contribution in [2.75, 3.05) is 6.61 Å². The van der Waals surface area contributed by atoms with Crippen LogP contribution in [-0.2, 0) is 25.4 Å². The molecule has 0 saturated heterocycles. The number of nitrogens with one attached hydrogen (secondary N) is 1. The molecule has 7 heteroatoms. The molecule has 0 radical (unpaired) electrons. The molecule has 28 heavy (non-hydrogen) atoms. The number of rotatable bonds is 5. The van der Waals surface area contributed by atoms with Crippen LogP contribution in [0.25, 0.3) is 10.8 Å². The Hall–Kier alpha value is -3.09. The second kappa shape index (κ2) is 9.21. The quantitative estimate of drug-likeness (QED) is 0.616. The first kappa shape index (κ1) is 21.2. The van der Waals surface area contributed by atoms with E-state index in [0.717, 1.165) is 16.3 Å². The zero-order chi connectivity index (χ0) is 20.7. The van der Waals surface area contributed by atoms with Gasteiger partial charge in [-0.25, -0.2) is 14.4 Å². The van der Waals surface area contributed by atoms with Crippen LogP contribution < -0.4 is 5.32 Å². The Kier molecular flexibility index (Phi) is 6.98. The fourth-order valence-corrected chi connectivity index (χ4v) is 2.55. The highest BCUT2D eigenvalue weighted by molar-refractivity contribution is 5.89. The lowest BCUT2D eigenvalue weighted by atomic mass is 10.0. The zero-order valence-electron chi connectivity index (χ0n) is 16.5. The van der Waals surface area contributed by atoms with E-state index in [1.54, 1.807) is 27.7 Å². The van der Waals surface area contributed by atoms with Gasteiger partial charge in [-0.15, -0.1) is 0 Å². The largest absolute Gasteiger partial charge is 0.516 e. The molecule has 2 aromatic carbocycles. The SMILES string of the molecule is CCOC(=O)OC(=O)C(Cc1ccc2ccccc2c1)NC(=O)OC(C)(C)C. The van der Waals surface area contributed by atoms with Gasteiger partial charge >= 0.3 is 18.2 Å². The maximum atomic E-state index is 12.4. The van der Waals surface area contributed by atoms with Gasteiger partial charge in [-0.3, -0.25) is 0 Å². The first-order chi connectivity index (χ1) is 13.2. The highest BCUT2D eigenvalue weighted by Crippen LogP contribution is 2.17. The Labute approximate surface area is 164 Å². The van der Waals surface area contributed by atoms with E-state index in [-0.39, 0.29) is 13.0 Å². The van der Waals surface area contributed by atoms with Gasteiger partial charge < -0.3 is 19.5 Å². The number of carbonyl (C=O) groups is 3. The summed E-state index contributed by atoms with van der Waals surface area (Å²) >= 11 is 0. The zero-order valence-corrected chi connectivity index (χ0v) is 16.5. The van der Waals surface area contributed by atoms with Crippen LogP contribution in [0.2, 0.25) is 0 Å². The second-order valence-electron chi connectivity index (χ2n) is 7.19. The molecule has 2 aromatic rings. The van der Waals surface area contributed by atoms with E-state index in [4.69, 9.17) is 4.74 Å². The molecule has 1 amide bonds. The highest BCUT2D eigenvalue weighted by Gasteiger charge is 2.28. The van der Waals surface area contributed by atoms with Crippen LogP contribution >= 0.6 is 0 Å². The number of hydrogen-bond donors (Lipinski definition) is 1. The van der Waals surface area contributed by atoms with Crippen molar-refractivity contribution in [2.24, 2.45) is 0 Å². The van der Waals surface area contributed by atoms with E-state index >= 15 is 0 Å². The predicted octanol–water partition coefficient (Wildman–Crippen LogP) is 3.98. The lowest BCUT2D eigenvalue weighted by molar-refractivity contribution is -0.142. The smallest absolute Gasteiger partial charge is 0.444 e. The molecular weight excluding hydrogens is 362 g/mol. The predicted molar refractivity (Wildman–Crippen MR) is 104 cm³/mol. The summed E-state index contributed by atoms with van der Waals surface area (Å²) in [6.45, 7) is 6.80. The molecule has 0 heterocycles. The minimum absolute atomic E-state index is 0.0704. The molecule has 0 fully saturated rings. The Morgan fingerprint density at radius 2 is 1.71 bits per heavy atom. The van der Waals surface area contributed by atoms with E-state index in [9.17, 15) is 14.4 Å². The van der Waals surface area contributed by atoms with Crippen LogP contribution in [-0.4, -0.2) is 36.5 Å². The Balaban J connectivity index is 2.18. The van der Waals surface area contributed by atoms with Gasteiger partial charge in [0.2, 0.25) is 0 Å². The number of esters is 1. The first-order valence-corrected chi connectivity index (χ1v) is 9.03. The number of benzene rings is 2. The van der Waals surface area contributed by atoms with Gasteiger partial charge in [-0.2, -0.15) is 0 Å². The molecule has 1 atom stereocenters. The number of amides is 1. The Morgan fingerprint density at radius 3 is 2.36 bits per heavy atom. The van der Waals surface area contributed by atoms with Gasteiger partial charge in [0.05, 0.1) is 6.61 Å². The van der Waals surface area contributed by atoms with Crippen molar-refractivity contribution in [2.45, 2.75) is 45.8 Å². The molecule has 7 nitrogen and oxygen atoms in total. The Morgan fingerprint density at radius 1 is 1.04 bits per heavy atom. The topological polar surface area (TPSA) is 90.9 Å². The highest BCUT2D eigenvalue weighted by atomic mass is 16.7. The molecule has 0 saturated carbocycles. The van der Waals surface area contributed by atoms with Crippen LogP contribution in [0, 0.1) is 0 Å². The van der Waals surface area contributed by atoms with Crippen LogP contribution in [0.15, 0.2) is 42.5 Å². The van der Waals surface area contributed by atoms with Crippen molar-refractivity contribution in [3.05, 3.63) is 48.0 Å². The van der Waals surface area contributed by atoms with Crippen molar-refractivity contribution >= 4 is 29.0 Å². The summed E-state index contributed by atoms with van der Waals surface area (Å²) in [5.41, 5.74) is 0.0587. The normalized spacial score (nSPS) is 12.1. The third kappa shape index (κ3) is 6.57. The Bertz CT molecular complexity index is 855. The average Bonchev–Trinajstić information content (AvgIpc) is 2.59. The lowest BCUT2D eigenvalue weighted by Gasteiger charge is -2.22. The third-order valence-electron chi connectivity index (χ3n) is 3.68. The van der Waals surface area contributed by atoms with Crippen molar-refractivity contribution in [3.63, 3.8) is 0 Å². The molecule has 2 rings (SSSR count). The van der Waals surface area contributed by atoms with Gasteiger partial charge in [0.15, 0.2) is 0 Å². The molecule has 0 aliphatic rings. The van der Waals surface area contributed by atoms with Gasteiger partial charge in [-0.1, -0.05) is 42.5 Å². The second-order valence-corrected chi connectivity index (χ2v) is 7.19. The number of alkyl carbamates (subject to hydrolysis) is 1. The molecule has 0 aromatic heterocycles. The van der Waals surface area contributed by atoms with Crippen molar-refractivity contribution in [1.82, 2.24) is 5.32 Å². The summed E-state index contributed by atoms with van der Waals surface area (Å²) in [5.74, 6) is -0.919. The molecular formula is C21H25NO6. The standard InChI is InChI=1S/C21H25NO6/c1-5-26-20(25)27-18(23)17(22-19(24)28-21(2,3)4)13-14-10-11-15-8-6-7-9-16(15)12-14/h6-12,17H,5,13H2,1-4H3,(H,22,24). The third-order valence-corrected chi connectivity index (χ3v) is 3.68. The number of hydrogen-bond acceptors (Lipinski definition) is 6. The molecule has 0 bridgehead atoms. The summed E-state index contributed by atoms with van der Waals surface area (Å²) in [5, 5.41) is 4.52. The lowest BCUT2D eigenvalue weighted by Crippen LogP contribution is -2.46. The van der Waals surface area contributed by atoms with E-state index < -0.39 is 29.9 Å². The maximum absolute atomic E-state index is 12.4. The van der Waals surface area contributed by atoms with Crippen LogP contribution in [0.3, 0.4) is 0 Å². The van der Waals surface area contributed by atoms with Gasteiger partial charge in [0.25, 0.3) is 0 Å². The monoisotopic (exact) mass is 387 g/mol. The van der Waals surface area contributed by atoms with Crippen molar-refractivity contribution < 1.29 is 28.6 Å². The van der Waals surface area contributed by atoms with E-state index in [1.807, 2.05) is 42.5 Å². The maximum Gasteiger partial charge on any atom is 0.516 e. The van der Waals surface area contributed by atoms with E-state index in [2.05, 4.69) is 14.8 Å². The summed E-state index contributed by atoms with van der Waals surface area (Å²) in [4.78, 5) is 36.0. The minimum atomic E-state index is -1.11. The van der Waals surface area contributed by atoms with Gasteiger partial charge in [0, 0.05) is 6.42 Å². The summed E-state index contributed by atoms with van der Waals surface area (Å²) in [7, 11) is 0. The average molecular weight is 387 g/mol. The number of fused-ring (bicyclic) bond motifs is 1. The van der Waals surface area contributed by atoms with Crippen LogP contribution in [0.1, 0.15) is 33.3 Å². The summed E-state index contributed by atoms with van der Waals surface area (Å²) in [6, 6.07) is 12.4. The molecule has 1 unspecified atom stereocenters. The molecule has 0 aliphatic heterocycles. The molecule has 0 aliphatic carbocycles. The summed E-state index contributed by atoms with van der Waals surface area (Å²) < 4.78 is 14.5. The van der Waals surface area contributed by atoms with Gasteiger partial charge in [-0.05, 0) is 44.0 Å². The van der Waals surface area contributed by atoms with Crippen molar-refractivity contribution in [1.29, 1.82) is 0 Å². The number of carbonyl (C=O) groups excluding carboxylic acids is 3.